The molecule has 12 heteroatoms. The molecule has 2 aromatic carbocycles. The van der Waals surface area contributed by atoms with Gasteiger partial charge in [-0.25, -0.2) is 13.6 Å². The summed E-state index contributed by atoms with van der Waals surface area (Å²) in [4.78, 5) is 49.6. The number of benzene rings is 2. The van der Waals surface area contributed by atoms with Gasteiger partial charge in [-0.05, 0) is 103 Å². The molecular weight excluding hydrogens is 722 g/mol. The molecule has 1 spiro atoms. The normalized spacial score (nSPS) is 15.9. The Kier molecular flexibility index (Phi) is 21.0. The first-order chi connectivity index (χ1) is 23.1. The fourth-order valence-electron chi connectivity index (χ4n) is 5.73. The van der Waals surface area contributed by atoms with Gasteiger partial charge in [0.1, 0.15) is 23.0 Å². The third-order valence-corrected chi connectivity index (χ3v) is 8.94. The van der Waals surface area contributed by atoms with Gasteiger partial charge in [0.25, 0.3) is 0 Å². The highest BCUT2D eigenvalue weighted by Gasteiger charge is 2.44. The molecule has 0 unspecified atom stereocenters. The molecule has 0 saturated carbocycles. The minimum atomic E-state index is -0.460. The second-order valence-corrected chi connectivity index (χ2v) is 14.2. The number of halogens is 3. The number of Topliss-reactive ketones (excluding diaryl/α,β-unsaturated/α-hetero) is 3. The van der Waals surface area contributed by atoms with Crippen LogP contribution in [0.3, 0.4) is 0 Å². The number of nitrogens with one attached hydrogen (secondary N) is 1. The number of ether oxygens (including phenoxy) is 1. The molecule has 0 radical (unpaired) electrons. The lowest BCUT2D eigenvalue weighted by Gasteiger charge is -2.51. The Morgan fingerprint density at radius 2 is 1.51 bits per heavy atom. The number of alkyl halides is 1. The van der Waals surface area contributed by atoms with E-state index in [1.54, 1.807) is 11.0 Å². The van der Waals surface area contributed by atoms with Gasteiger partial charge < -0.3 is 25.6 Å². The summed E-state index contributed by atoms with van der Waals surface area (Å²) in [7, 11) is 0. The van der Waals surface area contributed by atoms with Crippen molar-refractivity contribution in [3.63, 3.8) is 0 Å². The third kappa shape index (κ3) is 15.0. The van der Waals surface area contributed by atoms with E-state index in [0.29, 0.717) is 43.6 Å². The van der Waals surface area contributed by atoms with E-state index in [1.165, 1.54) is 37.6 Å². The van der Waals surface area contributed by atoms with E-state index in [9.17, 15) is 28.0 Å². The smallest absolute Gasteiger partial charge is 0.410 e. The van der Waals surface area contributed by atoms with Gasteiger partial charge in [0.05, 0.1) is 0 Å². The number of carbonyl (C=O) groups excluding carboxylic acids is 4. The summed E-state index contributed by atoms with van der Waals surface area (Å²) in [6.07, 6.45) is 5.35. The molecule has 9 nitrogen and oxygen atoms in total. The number of hydrogen-bond acceptors (Lipinski definition) is 8. The van der Waals surface area contributed by atoms with Crippen LogP contribution in [0.25, 0.3) is 0 Å². The maximum absolute atomic E-state index is 13.4. The summed E-state index contributed by atoms with van der Waals surface area (Å²) in [5.41, 5.74) is 6.92. The molecule has 51 heavy (non-hydrogen) atoms. The Bertz CT molecular complexity index is 1410. The summed E-state index contributed by atoms with van der Waals surface area (Å²) in [5.74, 6) is -0.667. The standard InChI is InChI=1S/C16H21FN2O.C10H17NO3.C8H8FNO.C3H7Br.2CH4/c1-2-9-19-14-4-3-12(17)10-13(14)15(20)11-16(19)5-7-18-8-6-16;1-10(2,3)14-9(13)11-6-4-8(12)5-7-11;1-5(11)7-4-6(9)2-3-8(7)10;1-2-3-4;;/h3-4,10,18H,2,5-9,11H2,1H3;4-7H2,1-3H3;2-4H,10H2,1H3;2-3H2,1H3;2*1H4. The highest BCUT2D eigenvalue weighted by Crippen LogP contribution is 2.42. The molecule has 0 bridgehead atoms. The summed E-state index contributed by atoms with van der Waals surface area (Å²) in [5, 5.41) is 4.50. The monoisotopic (exact) mass is 782 g/mol. The van der Waals surface area contributed by atoms with Crippen molar-refractivity contribution in [1.82, 2.24) is 10.2 Å². The van der Waals surface area contributed by atoms with E-state index in [4.69, 9.17) is 10.5 Å². The number of amides is 1. The number of anilines is 2. The fourth-order valence-corrected chi connectivity index (χ4v) is 5.73. The number of hydrogen-bond donors (Lipinski definition) is 2. The average Bonchev–Trinajstić information content (AvgIpc) is 3.05. The van der Waals surface area contributed by atoms with Crippen LogP contribution < -0.4 is 16.0 Å². The highest BCUT2D eigenvalue weighted by atomic mass is 79.9. The number of nitrogen functional groups attached to an aromatic ring is 1. The van der Waals surface area contributed by atoms with Crippen LogP contribution in [0.15, 0.2) is 36.4 Å². The van der Waals surface area contributed by atoms with Crippen molar-refractivity contribution in [3.8, 4) is 0 Å². The van der Waals surface area contributed by atoms with Gasteiger partial charge in [0.2, 0.25) is 0 Å². The molecular formula is C39H61BrF2N4O5. The third-order valence-electron chi connectivity index (χ3n) is 8.15. The number of nitrogens with zero attached hydrogens (tertiary/aromatic N) is 2. The molecule has 0 aliphatic carbocycles. The van der Waals surface area contributed by atoms with Crippen molar-refractivity contribution in [1.29, 1.82) is 0 Å². The van der Waals surface area contributed by atoms with Gasteiger partial charge in [-0.15, -0.1) is 0 Å². The van der Waals surface area contributed by atoms with E-state index in [0.717, 1.165) is 56.0 Å². The molecule has 5 rings (SSSR count). The largest absolute Gasteiger partial charge is 0.444 e. The molecule has 2 aromatic rings. The lowest BCUT2D eigenvalue weighted by molar-refractivity contribution is -0.121. The maximum Gasteiger partial charge on any atom is 0.410 e. The van der Waals surface area contributed by atoms with Gasteiger partial charge in [0, 0.05) is 72.3 Å². The van der Waals surface area contributed by atoms with Gasteiger partial charge in [-0.3, -0.25) is 14.4 Å². The number of likely N-dealkylation sites (tertiary alicyclic amines) is 1. The van der Waals surface area contributed by atoms with Crippen molar-refractivity contribution >= 4 is 50.7 Å². The van der Waals surface area contributed by atoms with Crippen LogP contribution in [0.1, 0.15) is 122 Å². The average molecular weight is 784 g/mol. The molecule has 288 valence electrons. The van der Waals surface area contributed by atoms with Gasteiger partial charge >= 0.3 is 6.09 Å². The van der Waals surface area contributed by atoms with Crippen LogP contribution in [0.4, 0.5) is 25.0 Å². The number of carbonyl (C=O) groups is 4. The lowest BCUT2D eigenvalue weighted by atomic mass is 9.76. The minimum absolute atomic E-state index is 0. The Labute approximate surface area is 313 Å². The van der Waals surface area contributed by atoms with Crippen molar-refractivity contribution < 1.29 is 32.7 Å². The van der Waals surface area contributed by atoms with E-state index in [-0.39, 0.29) is 55.2 Å². The molecule has 3 heterocycles. The fraction of sp³-hybridized carbons (Fsp3) is 0.590. The number of fused-ring (bicyclic) bond motifs is 1. The van der Waals surface area contributed by atoms with Crippen molar-refractivity contribution in [2.75, 3.05) is 48.7 Å². The van der Waals surface area contributed by atoms with Crippen LogP contribution in [-0.2, 0) is 9.53 Å². The summed E-state index contributed by atoms with van der Waals surface area (Å²) >= 11 is 3.25. The number of ketones is 3. The van der Waals surface area contributed by atoms with Crippen LogP contribution in [-0.4, -0.2) is 77.5 Å². The summed E-state index contributed by atoms with van der Waals surface area (Å²) in [6, 6.07) is 8.38. The van der Waals surface area contributed by atoms with Crippen LogP contribution in [0.2, 0.25) is 0 Å². The molecule has 1 amide bonds. The minimum Gasteiger partial charge on any atom is -0.444 e. The topological polar surface area (TPSA) is 122 Å². The van der Waals surface area contributed by atoms with E-state index < -0.39 is 11.4 Å². The lowest BCUT2D eigenvalue weighted by Crippen LogP contribution is -2.58. The number of piperidine rings is 2. The summed E-state index contributed by atoms with van der Waals surface area (Å²) in [6.45, 7) is 14.9. The SMILES string of the molecule is C.C.CC(=O)c1cc(F)ccc1N.CC(C)(C)OC(=O)N1CCC(=O)CC1.CCCBr.CCCN1c2ccc(F)cc2C(=O)CC12CCNCC2. The Morgan fingerprint density at radius 3 is 2.00 bits per heavy atom. The first-order valence-corrected chi connectivity index (χ1v) is 18.1. The Morgan fingerprint density at radius 1 is 0.961 bits per heavy atom. The predicted molar refractivity (Wildman–Crippen MR) is 208 cm³/mol. The molecule has 0 aromatic heterocycles. The number of nitrogens with two attached hydrogens (primary N) is 1. The van der Waals surface area contributed by atoms with Crippen molar-refractivity contribution in [2.24, 2.45) is 0 Å². The Hall–Kier alpha value is -3.38. The van der Waals surface area contributed by atoms with Gasteiger partial charge in [-0.2, -0.15) is 0 Å². The number of rotatable bonds is 4. The zero-order chi connectivity index (χ0) is 36.8. The molecule has 2 saturated heterocycles. The maximum atomic E-state index is 13.4. The summed E-state index contributed by atoms with van der Waals surface area (Å²) < 4.78 is 31.1. The zero-order valence-corrected chi connectivity index (χ0v) is 31.4. The van der Waals surface area contributed by atoms with Crippen molar-refractivity contribution in [2.45, 2.75) is 112 Å². The van der Waals surface area contributed by atoms with Crippen LogP contribution in [0, 0.1) is 11.6 Å². The van der Waals surface area contributed by atoms with Gasteiger partial charge in [0.15, 0.2) is 11.6 Å². The second kappa shape index (κ2) is 22.5. The van der Waals surface area contributed by atoms with E-state index in [2.05, 4.69) is 40.0 Å². The van der Waals surface area contributed by atoms with Crippen LogP contribution >= 0.6 is 15.9 Å². The second-order valence-electron chi connectivity index (χ2n) is 13.4. The Balaban J connectivity index is 0.000000713. The molecule has 3 N–H and O–H groups in total. The molecule has 3 aliphatic heterocycles. The molecule has 2 fully saturated rings. The zero-order valence-electron chi connectivity index (χ0n) is 29.8. The molecule has 0 atom stereocenters. The van der Waals surface area contributed by atoms with Crippen molar-refractivity contribution in [3.05, 3.63) is 59.2 Å². The molecule has 3 aliphatic rings. The highest BCUT2D eigenvalue weighted by molar-refractivity contribution is 9.09. The van der Waals surface area contributed by atoms with E-state index >= 15 is 0 Å². The van der Waals surface area contributed by atoms with E-state index in [1.807, 2.05) is 20.8 Å². The first kappa shape index (κ1) is 47.6. The van der Waals surface area contributed by atoms with Gasteiger partial charge in [-0.1, -0.05) is 44.6 Å². The first-order valence-electron chi connectivity index (χ1n) is 17.0. The quantitative estimate of drug-likeness (QED) is 0.179. The van der Waals surface area contributed by atoms with Crippen LogP contribution in [0.5, 0.6) is 0 Å². The predicted octanol–water partition coefficient (Wildman–Crippen LogP) is 9.01.